The fourth-order valence-electron chi connectivity index (χ4n) is 4.88. The Morgan fingerprint density at radius 3 is 2.50 bits per heavy atom. The predicted molar refractivity (Wildman–Crippen MR) is 133 cm³/mol. The second-order valence-electron chi connectivity index (χ2n) is 8.34. The van der Waals surface area contributed by atoms with Gasteiger partial charge in [0.25, 0.3) is 0 Å². The van der Waals surface area contributed by atoms with Gasteiger partial charge in [-0.2, -0.15) is 0 Å². The molecule has 6 nitrogen and oxygen atoms in total. The van der Waals surface area contributed by atoms with Crippen LogP contribution in [-0.2, 0) is 13.1 Å². The number of rotatable bonds is 5. The third kappa shape index (κ3) is 3.57. The van der Waals surface area contributed by atoms with Gasteiger partial charge in [-0.15, -0.1) is 12.4 Å². The summed E-state index contributed by atoms with van der Waals surface area (Å²) in [6, 6.07) is 15.3. The van der Waals surface area contributed by atoms with Crippen LogP contribution in [0.1, 0.15) is 31.9 Å². The fourth-order valence-corrected chi connectivity index (χ4v) is 4.88. The second-order valence-corrected chi connectivity index (χ2v) is 8.34. The van der Waals surface area contributed by atoms with Crippen LogP contribution in [0.15, 0.2) is 53.6 Å². The van der Waals surface area contributed by atoms with Gasteiger partial charge in [0, 0.05) is 36.8 Å². The zero-order valence-corrected chi connectivity index (χ0v) is 19.7. The maximum absolute atomic E-state index is 12.9. The number of halogens is 1. The summed E-state index contributed by atoms with van der Waals surface area (Å²) in [5, 5.41) is 3.48. The van der Waals surface area contributed by atoms with Gasteiger partial charge in [-0.05, 0) is 51.9 Å². The van der Waals surface area contributed by atoms with Crippen molar-refractivity contribution in [3.05, 3.63) is 64.8 Å². The molecule has 3 heterocycles. The zero-order chi connectivity index (χ0) is 21.5. The minimum atomic E-state index is 0. The topological polar surface area (TPSA) is 56.8 Å². The molecule has 0 unspecified atom stereocenters. The van der Waals surface area contributed by atoms with Crippen molar-refractivity contribution in [3.8, 4) is 22.5 Å². The van der Waals surface area contributed by atoms with Crippen molar-refractivity contribution in [3.63, 3.8) is 0 Å². The number of aromatic nitrogens is 4. The Morgan fingerprint density at radius 1 is 1.03 bits per heavy atom. The molecule has 0 saturated carbocycles. The van der Waals surface area contributed by atoms with Crippen LogP contribution in [0.3, 0.4) is 0 Å². The molecule has 1 saturated heterocycles. The Labute approximate surface area is 194 Å². The van der Waals surface area contributed by atoms with Crippen LogP contribution in [0.5, 0.6) is 0 Å². The van der Waals surface area contributed by atoms with E-state index in [9.17, 15) is 4.79 Å². The highest BCUT2D eigenvalue weighted by molar-refractivity contribution is 5.86. The van der Waals surface area contributed by atoms with Crippen LogP contribution in [0.2, 0.25) is 0 Å². The van der Waals surface area contributed by atoms with Gasteiger partial charge < -0.3 is 9.88 Å². The van der Waals surface area contributed by atoms with Crippen molar-refractivity contribution in [1.82, 2.24) is 24.0 Å². The Morgan fingerprint density at radius 2 is 1.81 bits per heavy atom. The largest absolute Gasteiger partial charge is 0.329 e. The lowest BCUT2D eigenvalue weighted by molar-refractivity contribution is 0.551. The minimum absolute atomic E-state index is 0. The molecule has 1 aliphatic heterocycles. The van der Waals surface area contributed by atoms with Gasteiger partial charge in [0.2, 0.25) is 0 Å². The summed E-state index contributed by atoms with van der Waals surface area (Å²) in [4.78, 5) is 17.7. The van der Waals surface area contributed by atoms with Crippen LogP contribution in [0.25, 0.3) is 33.5 Å². The fraction of sp³-hybridized carbons (Fsp3) is 0.360. The van der Waals surface area contributed by atoms with Crippen molar-refractivity contribution < 1.29 is 0 Å². The Balaban J connectivity index is 0.00000245. The molecule has 7 heteroatoms. The number of nitrogens with zero attached hydrogens (tertiary/aromatic N) is 4. The van der Waals surface area contributed by atoms with E-state index in [4.69, 9.17) is 4.98 Å². The standard InChI is InChI=1S/C25H29N5O.ClH/c1-4-28-21-10-9-19(14-22(21)29(5-2)25(28)31)24-23(18-8-6-7-17(3)13-18)27-16-30(24)20-11-12-26-15-20;/h6-10,13-14,16,20,26H,4-5,11-12,15H2,1-3H3;1H/t20-;/m1./s1. The van der Waals surface area contributed by atoms with Gasteiger partial charge in [-0.1, -0.05) is 29.8 Å². The average molecular weight is 452 g/mol. The van der Waals surface area contributed by atoms with Gasteiger partial charge in [0.05, 0.1) is 28.7 Å². The lowest BCUT2D eigenvalue weighted by Crippen LogP contribution is -2.23. The number of benzene rings is 2. The molecular formula is C25H30ClN5O. The predicted octanol–water partition coefficient (Wildman–Crippen LogP) is 4.64. The van der Waals surface area contributed by atoms with E-state index in [1.807, 2.05) is 29.3 Å². The number of hydrogen-bond acceptors (Lipinski definition) is 3. The molecule has 5 rings (SSSR count). The highest BCUT2D eigenvalue weighted by Gasteiger charge is 2.24. The van der Waals surface area contributed by atoms with Gasteiger partial charge in [0.1, 0.15) is 0 Å². The second kappa shape index (κ2) is 8.96. The molecule has 0 aliphatic carbocycles. The SMILES string of the molecule is CCn1c(=O)n(CC)c2cc(-c3c(-c4cccc(C)c4)ncn3[C@@H]3CCNC3)ccc21.Cl. The van der Waals surface area contributed by atoms with Crippen LogP contribution in [0, 0.1) is 6.92 Å². The van der Waals surface area contributed by atoms with Crippen molar-refractivity contribution in [2.45, 2.75) is 46.3 Å². The molecule has 0 spiro atoms. The zero-order valence-electron chi connectivity index (χ0n) is 18.8. The summed E-state index contributed by atoms with van der Waals surface area (Å²) in [5.41, 5.74) is 7.60. The Kier molecular flexibility index (Phi) is 6.26. The molecule has 1 atom stereocenters. The van der Waals surface area contributed by atoms with E-state index in [1.54, 1.807) is 0 Å². The van der Waals surface area contributed by atoms with E-state index < -0.39 is 0 Å². The summed E-state index contributed by atoms with van der Waals surface area (Å²) >= 11 is 0. The number of imidazole rings is 2. The monoisotopic (exact) mass is 451 g/mol. The lowest BCUT2D eigenvalue weighted by atomic mass is 10.0. The van der Waals surface area contributed by atoms with Crippen molar-refractivity contribution >= 4 is 23.4 Å². The number of aryl methyl sites for hydroxylation is 3. The lowest BCUT2D eigenvalue weighted by Gasteiger charge is -2.16. The van der Waals surface area contributed by atoms with Gasteiger partial charge in [-0.25, -0.2) is 9.78 Å². The van der Waals surface area contributed by atoms with Crippen LogP contribution in [0.4, 0.5) is 0 Å². The van der Waals surface area contributed by atoms with E-state index in [-0.39, 0.29) is 18.1 Å². The van der Waals surface area contributed by atoms with E-state index >= 15 is 0 Å². The highest BCUT2D eigenvalue weighted by atomic mass is 35.5. The van der Waals surface area contributed by atoms with Crippen LogP contribution < -0.4 is 11.0 Å². The molecule has 1 aliphatic rings. The quantitative estimate of drug-likeness (QED) is 0.481. The Hall–Kier alpha value is -2.83. The molecule has 0 bridgehead atoms. The van der Waals surface area contributed by atoms with Crippen LogP contribution in [-0.4, -0.2) is 31.8 Å². The molecule has 1 fully saturated rings. The van der Waals surface area contributed by atoms with E-state index in [1.165, 1.54) is 5.56 Å². The first-order chi connectivity index (χ1) is 15.1. The molecule has 32 heavy (non-hydrogen) atoms. The number of fused-ring (bicyclic) bond motifs is 1. The molecule has 1 N–H and O–H groups in total. The molecule has 2 aromatic heterocycles. The first-order valence-corrected chi connectivity index (χ1v) is 11.2. The van der Waals surface area contributed by atoms with Gasteiger partial charge in [-0.3, -0.25) is 9.13 Å². The van der Waals surface area contributed by atoms with E-state index in [0.29, 0.717) is 19.1 Å². The molecule has 0 amide bonds. The molecule has 4 aromatic rings. The first kappa shape index (κ1) is 22.4. The smallest absolute Gasteiger partial charge is 0.326 e. The van der Waals surface area contributed by atoms with Gasteiger partial charge in [0.15, 0.2) is 0 Å². The molecule has 2 aromatic carbocycles. The summed E-state index contributed by atoms with van der Waals surface area (Å²) in [6.07, 6.45) is 3.07. The summed E-state index contributed by atoms with van der Waals surface area (Å²) in [5.74, 6) is 0. The normalized spacial score (nSPS) is 15.9. The molecule has 168 valence electrons. The molecule has 0 radical (unpaired) electrons. The number of hydrogen-bond donors (Lipinski definition) is 1. The third-order valence-electron chi connectivity index (χ3n) is 6.44. The number of nitrogens with one attached hydrogen (secondary N) is 1. The highest BCUT2D eigenvalue weighted by Crippen LogP contribution is 2.36. The van der Waals surface area contributed by atoms with E-state index in [2.05, 4.69) is 59.3 Å². The van der Waals surface area contributed by atoms with E-state index in [0.717, 1.165) is 53.1 Å². The minimum Gasteiger partial charge on any atom is -0.326 e. The van der Waals surface area contributed by atoms with Crippen LogP contribution >= 0.6 is 12.4 Å². The summed E-state index contributed by atoms with van der Waals surface area (Å²) < 4.78 is 6.04. The third-order valence-corrected chi connectivity index (χ3v) is 6.44. The summed E-state index contributed by atoms with van der Waals surface area (Å²) in [6.45, 7) is 9.46. The first-order valence-electron chi connectivity index (χ1n) is 11.2. The van der Waals surface area contributed by atoms with Crippen molar-refractivity contribution in [2.75, 3.05) is 13.1 Å². The Bertz CT molecular complexity index is 1310. The summed E-state index contributed by atoms with van der Waals surface area (Å²) in [7, 11) is 0. The van der Waals surface area contributed by atoms with Gasteiger partial charge >= 0.3 is 5.69 Å². The maximum Gasteiger partial charge on any atom is 0.329 e. The molecular weight excluding hydrogens is 422 g/mol. The van der Waals surface area contributed by atoms with Crippen molar-refractivity contribution in [1.29, 1.82) is 0 Å². The van der Waals surface area contributed by atoms with Crippen molar-refractivity contribution in [2.24, 2.45) is 0 Å². The maximum atomic E-state index is 12.9. The average Bonchev–Trinajstić information content (AvgIpc) is 3.50.